The fourth-order valence-electron chi connectivity index (χ4n) is 3.71. The lowest BCUT2D eigenvalue weighted by atomic mass is 9.86. The number of urea groups is 1. The lowest BCUT2D eigenvalue weighted by Crippen LogP contribution is -2.51. The summed E-state index contributed by atoms with van der Waals surface area (Å²) in [6.45, 7) is 0.0931. The van der Waals surface area contributed by atoms with E-state index in [4.69, 9.17) is 11.6 Å². The Kier molecular flexibility index (Phi) is 7.20. The van der Waals surface area contributed by atoms with E-state index in [1.807, 2.05) is 5.32 Å². The number of hydrogen-bond donors (Lipinski definition) is 3. The maximum absolute atomic E-state index is 13.1. The molecule has 3 rings (SSSR count). The van der Waals surface area contributed by atoms with Gasteiger partial charge < -0.3 is 20.6 Å². The summed E-state index contributed by atoms with van der Waals surface area (Å²) in [5.74, 6) is -0.528. The minimum absolute atomic E-state index is 0.0176. The number of carbonyl (C=O) groups is 2. The van der Waals surface area contributed by atoms with Crippen LogP contribution in [-0.4, -0.2) is 41.3 Å². The van der Waals surface area contributed by atoms with Crippen molar-refractivity contribution < 1.29 is 41.0 Å². The number of piperidine rings is 1. The molecule has 3 amide bonds. The Bertz CT molecular complexity index is 1030. The molecule has 13 heteroatoms. The van der Waals surface area contributed by atoms with E-state index in [2.05, 4.69) is 5.32 Å². The second-order valence-electron chi connectivity index (χ2n) is 7.67. The molecule has 2 aromatic rings. The number of benzene rings is 2. The van der Waals surface area contributed by atoms with Crippen LogP contribution in [0.1, 0.15) is 29.0 Å². The molecular formula is C21H18ClF6N3O3. The van der Waals surface area contributed by atoms with Crippen LogP contribution >= 0.6 is 11.6 Å². The van der Waals surface area contributed by atoms with Gasteiger partial charge in [-0.15, -0.1) is 0 Å². The first-order valence-electron chi connectivity index (χ1n) is 9.84. The summed E-state index contributed by atoms with van der Waals surface area (Å²) in [4.78, 5) is 25.1. The van der Waals surface area contributed by atoms with Crippen LogP contribution in [-0.2, 0) is 12.4 Å². The van der Waals surface area contributed by atoms with Crippen LogP contribution in [0.5, 0.6) is 0 Å². The van der Waals surface area contributed by atoms with Gasteiger partial charge in [0.25, 0.3) is 0 Å². The number of likely N-dealkylation sites (tertiary alicyclic amines) is 1. The van der Waals surface area contributed by atoms with E-state index in [-0.39, 0.29) is 25.6 Å². The quantitative estimate of drug-likeness (QED) is 0.442. The van der Waals surface area contributed by atoms with E-state index in [0.29, 0.717) is 22.7 Å². The number of nitrogens with one attached hydrogen (secondary N) is 2. The molecule has 34 heavy (non-hydrogen) atoms. The highest BCUT2D eigenvalue weighted by Gasteiger charge is 2.37. The number of nitrogens with zero attached hydrogens (tertiary/aromatic N) is 1. The van der Waals surface area contributed by atoms with Crippen molar-refractivity contribution in [3.63, 3.8) is 0 Å². The molecule has 1 heterocycles. The molecule has 0 aromatic heterocycles. The molecule has 2 atom stereocenters. The van der Waals surface area contributed by atoms with E-state index in [1.54, 1.807) is 24.3 Å². The molecule has 0 aliphatic carbocycles. The van der Waals surface area contributed by atoms with E-state index >= 15 is 0 Å². The van der Waals surface area contributed by atoms with Gasteiger partial charge in [-0.25, -0.2) is 9.59 Å². The second kappa shape index (κ2) is 9.61. The number of carbonyl (C=O) groups excluding carboxylic acids is 1. The Balaban J connectivity index is 1.82. The average molecular weight is 510 g/mol. The summed E-state index contributed by atoms with van der Waals surface area (Å²) >= 11 is 5.89. The Morgan fingerprint density at radius 1 is 0.971 bits per heavy atom. The predicted octanol–water partition coefficient (Wildman–Crippen LogP) is 6.04. The normalized spacial score (nSPS) is 19.0. The smallest absolute Gasteiger partial charge is 0.416 e. The Morgan fingerprint density at radius 3 is 2.03 bits per heavy atom. The summed E-state index contributed by atoms with van der Waals surface area (Å²) in [5, 5.41) is 14.3. The van der Waals surface area contributed by atoms with Crippen LogP contribution in [0.4, 0.5) is 41.6 Å². The molecule has 1 unspecified atom stereocenters. The van der Waals surface area contributed by atoms with Crippen LogP contribution in [0.25, 0.3) is 0 Å². The van der Waals surface area contributed by atoms with E-state index in [1.165, 1.54) is 0 Å². The van der Waals surface area contributed by atoms with Gasteiger partial charge in [-0.1, -0.05) is 23.7 Å². The first-order chi connectivity index (χ1) is 15.7. The molecule has 3 N–H and O–H groups in total. The molecule has 1 aliphatic rings. The number of rotatable bonds is 3. The van der Waals surface area contributed by atoms with Crippen LogP contribution in [0, 0.1) is 0 Å². The molecule has 0 radical (unpaired) electrons. The van der Waals surface area contributed by atoms with Crippen LogP contribution < -0.4 is 10.6 Å². The van der Waals surface area contributed by atoms with Crippen molar-refractivity contribution in [1.29, 1.82) is 0 Å². The zero-order valence-corrected chi connectivity index (χ0v) is 17.9. The topological polar surface area (TPSA) is 81.7 Å². The Labute approximate surface area is 194 Å². The van der Waals surface area contributed by atoms with Crippen molar-refractivity contribution in [2.24, 2.45) is 0 Å². The van der Waals surface area contributed by atoms with Gasteiger partial charge in [-0.3, -0.25) is 0 Å². The molecule has 1 fully saturated rings. The molecule has 184 valence electrons. The molecule has 6 nitrogen and oxygen atoms in total. The first-order valence-corrected chi connectivity index (χ1v) is 10.2. The minimum Gasteiger partial charge on any atom is -0.465 e. The molecule has 0 bridgehead atoms. The zero-order valence-electron chi connectivity index (χ0n) is 17.2. The van der Waals surface area contributed by atoms with E-state index < -0.39 is 53.3 Å². The van der Waals surface area contributed by atoms with Crippen molar-refractivity contribution >= 4 is 29.4 Å². The van der Waals surface area contributed by atoms with Crippen molar-refractivity contribution in [2.45, 2.75) is 30.7 Å². The maximum Gasteiger partial charge on any atom is 0.416 e. The fraction of sp³-hybridized carbons (Fsp3) is 0.333. The summed E-state index contributed by atoms with van der Waals surface area (Å²) in [5.41, 5.74) is -3.16. The Morgan fingerprint density at radius 2 is 1.53 bits per heavy atom. The number of hydrogen-bond acceptors (Lipinski definition) is 2. The highest BCUT2D eigenvalue weighted by molar-refractivity contribution is 6.30. The molecule has 0 spiro atoms. The van der Waals surface area contributed by atoms with Crippen LogP contribution in [0.3, 0.4) is 0 Å². The minimum atomic E-state index is -5.06. The van der Waals surface area contributed by atoms with Gasteiger partial charge in [0.15, 0.2) is 0 Å². The Hall–Kier alpha value is -3.15. The molecule has 1 aliphatic heterocycles. The zero-order chi connectivity index (χ0) is 25.3. The molecule has 1 saturated heterocycles. The van der Waals surface area contributed by atoms with E-state index in [9.17, 15) is 41.0 Å². The number of carboxylic acid groups (broad SMARTS) is 1. The fourth-order valence-corrected chi connectivity index (χ4v) is 3.83. The summed E-state index contributed by atoms with van der Waals surface area (Å²) in [6, 6.07) is 5.54. The summed E-state index contributed by atoms with van der Waals surface area (Å²) < 4.78 is 78.3. The third kappa shape index (κ3) is 6.25. The van der Waals surface area contributed by atoms with Gasteiger partial charge in [0.1, 0.15) is 0 Å². The van der Waals surface area contributed by atoms with Gasteiger partial charge in [-0.2, -0.15) is 26.3 Å². The average Bonchev–Trinajstić information content (AvgIpc) is 2.73. The third-order valence-corrected chi connectivity index (χ3v) is 5.60. The largest absolute Gasteiger partial charge is 0.465 e. The highest BCUT2D eigenvalue weighted by atomic mass is 35.5. The molecule has 2 aromatic carbocycles. The number of halogens is 7. The van der Waals surface area contributed by atoms with Gasteiger partial charge in [0, 0.05) is 35.8 Å². The number of alkyl halides is 6. The number of amides is 3. The van der Waals surface area contributed by atoms with Crippen molar-refractivity contribution in [3.05, 3.63) is 64.2 Å². The monoisotopic (exact) mass is 509 g/mol. The second-order valence-corrected chi connectivity index (χ2v) is 8.11. The third-order valence-electron chi connectivity index (χ3n) is 5.34. The highest BCUT2D eigenvalue weighted by Crippen LogP contribution is 2.37. The number of anilines is 1. The molecular weight excluding hydrogens is 492 g/mol. The van der Waals surface area contributed by atoms with Crippen molar-refractivity contribution in [1.82, 2.24) is 10.2 Å². The van der Waals surface area contributed by atoms with Gasteiger partial charge >= 0.3 is 24.5 Å². The van der Waals surface area contributed by atoms with Crippen molar-refractivity contribution in [3.8, 4) is 0 Å². The van der Waals surface area contributed by atoms with Gasteiger partial charge in [-0.05, 0) is 42.3 Å². The summed E-state index contributed by atoms with van der Waals surface area (Å²) in [6.07, 6.45) is -11.1. The van der Waals surface area contributed by atoms with Crippen LogP contribution in [0.15, 0.2) is 42.5 Å². The lowest BCUT2D eigenvalue weighted by Gasteiger charge is -2.38. The summed E-state index contributed by atoms with van der Waals surface area (Å²) in [7, 11) is 0. The molecule has 0 saturated carbocycles. The van der Waals surface area contributed by atoms with Gasteiger partial charge in [0.05, 0.1) is 11.1 Å². The van der Waals surface area contributed by atoms with Crippen LogP contribution in [0.2, 0.25) is 5.02 Å². The standard InChI is InChI=1S/C21H18ClF6N3O3/c22-14-3-1-11(2-4-14)16-10-31(19(33)34)6-5-17(16)30-18(32)29-15-8-12(20(23,24)25)7-13(9-15)21(26,27)28/h1-4,7-9,16-17H,5-6,10H2,(H,33,34)(H2,29,30,32)/t16?,17-/m1/s1. The lowest BCUT2D eigenvalue weighted by molar-refractivity contribution is -0.143. The SMILES string of the molecule is O=C(Nc1cc(C(F)(F)F)cc(C(F)(F)F)c1)N[C@@H]1CCN(C(=O)O)CC1c1ccc(Cl)cc1. The first kappa shape index (κ1) is 25.5. The van der Waals surface area contributed by atoms with Gasteiger partial charge in [0.2, 0.25) is 0 Å². The van der Waals surface area contributed by atoms with E-state index in [0.717, 1.165) is 4.90 Å². The van der Waals surface area contributed by atoms with Crippen molar-refractivity contribution in [2.75, 3.05) is 18.4 Å². The predicted molar refractivity (Wildman–Crippen MR) is 111 cm³/mol. The maximum atomic E-state index is 13.1.